The molecule has 3 nitrogen and oxygen atoms in total. The Morgan fingerprint density at radius 3 is 2.75 bits per heavy atom. The van der Waals surface area contributed by atoms with E-state index in [4.69, 9.17) is 0 Å². The second-order valence-corrected chi connectivity index (χ2v) is 9.07. The van der Waals surface area contributed by atoms with Crippen molar-refractivity contribution >= 4 is 23.5 Å². The summed E-state index contributed by atoms with van der Waals surface area (Å²) in [6, 6.07) is 15.9. The number of nitrogens with one attached hydrogen (secondary N) is 1. The molecule has 1 fully saturated rings. The van der Waals surface area contributed by atoms with E-state index in [-0.39, 0.29) is 17.7 Å². The lowest BCUT2D eigenvalue weighted by atomic mass is 9.76. The van der Waals surface area contributed by atoms with Gasteiger partial charge >= 0.3 is 0 Å². The van der Waals surface area contributed by atoms with Crippen LogP contribution in [0.5, 0.6) is 0 Å². The average molecular weight is 394 g/mol. The number of hydrogen-bond donors (Lipinski definition) is 1. The maximum Gasteiger partial charge on any atom is 0.227 e. The first-order chi connectivity index (χ1) is 13.6. The van der Waals surface area contributed by atoms with E-state index in [9.17, 15) is 9.59 Å². The zero-order valence-corrected chi connectivity index (χ0v) is 17.1. The van der Waals surface area contributed by atoms with Crippen molar-refractivity contribution in [3.05, 3.63) is 65.2 Å². The highest BCUT2D eigenvalue weighted by molar-refractivity contribution is 7.99. The molecule has 1 amide bonds. The second kappa shape index (κ2) is 8.52. The van der Waals surface area contributed by atoms with Crippen LogP contribution < -0.4 is 5.32 Å². The van der Waals surface area contributed by atoms with E-state index >= 15 is 0 Å². The Bertz CT molecular complexity index is 864. The molecule has 2 aromatic carbocycles. The number of carbonyl (C=O) groups excluding carboxylic acids is 2. The Hall–Kier alpha value is -2.07. The van der Waals surface area contributed by atoms with E-state index in [1.807, 2.05) is 49.4 Å². The number of fused-ring (bicyclic) bond motifs is 2. The van der Waals surface area contributed by atoms with Gasteiger partial charge in [-0.3, -0.25) is 9.59 Å². The summed E-state index contributed by atoms with van der Waals surface area (Å²) in [6.45, 7) is 2.47. The van der Waals surface area contributed by atoms with E-state index in [1.54, 1.807) is 11.8 Å². The molecule has 146 valence electrons. The molecule has 4 heteroatoms. The van der Waals surface area contributed by atoms with Gasteiger partial charge in [-0.15, -0.1) is 11.8 Å². The van der Waals surface area contributed by atoms with Crippen LogP contribution in [0.15, 0.2) is 53.4 Å². The molecule has 1 aliphatic heterocycles. The zero-order chi connectivity index (χ0) is 19.5. The summed E-state index contributed by atoms with van der Waals surface area (Å²) >= 11 is 1.80. The third-order valence-corrected chi connectivity index (χ3v) is 7.42. The molecule has 1 aliphatic carbocycles. The highest BCUT2D eigenvalue weighted by Crippen LogP contribution is 2.42. The number of thioether (sulfide) groups is 1. The minimum atomic E-state index is -0.241. The van der Waals surface area contributed by atoms with Gasteiger partial charge in [0.15, 0.2) is 5.78 Å². The van der Waals surface area contributed by atoms with Gasteiger partial charge in [0.1, 0.15) is 0 Å². The topological polar surface area (TPSA) is 46.2 Å². The molecule has 0 saturated heterocycles. The van der Waals surface area contributed by atoms with Crippen molar-refractivity contribution in [3.63, 3.8) is 0 Å². The van der Waals surface area contributed by atoms with Crippen LogP contribution in [0.3, 0.4) is 0 Å². The van der Waals surface area contributed by atoms with Crippen molar-refractivity contribution in [1.82, 2.24) is 5.32 Å². The summed E-state index contributed by atoms with van der Waals surface area (Å²) in [4.78, 5) is 26.7. The summed E-state index contributed by atoms with van der Waals surface area (Å²) in [5.41, 5.74) is 2.93. The van der Waals surface area contributed by atoms with E-state index in [2.05, 4.69) is 11.4 Å². The first-order valence-corrected chi connectivity index (χ1v) is 11.2. The minimum absolute atomic E-state index is 0.0161. The van der Waals surface area contributed by atoms with Crippen LogP contribution in [0.25, 0.3) is 0 Å². The standard InChI is InChI=1S/C24H27NO2S/c1-16(24(27)25-14-17-7-3-2-4-8-17)18-11-12-21-22(13-18)28-15-19-9-5-6-10-20(19)23(21)26/h2-4,7-8,11-13,16,19-20H,5-6,9-10,14-15H2,1H3,(H,25,27)/t16?,19-,20+/m1/s1. The maximum absolute atomic E-state index is 13.1. The fourth-order valence-corrected chi connectivity index (χ4v) is 5.71. The molecule has 0 radical (unpaired) electrons. The molecule has 2 aromatic rings. The number of hydrogen-bond acceptors (Lipinski definition) is 3. The molecule has 0 spiro atoms. The molecule has 0 aromatic heterocycles. The highest BCUT2D eigenvalue weighted by atomic mass is 32.2. The monoisotopic (exact) mass is 393 g/mol. The highest BCUT2D eigenvalue weighted by Gasteiger charge is 2.35. The van der Waals surface area contributed by atoms with Gasteiger partial charge in [-0.05, 0) is 48.9 Å². The molecular weight excluding hydrogens is 366 g/mol. The van der Waals surface area contributed by atoms with E-state index in [1.165, 1.54) is 19.3 Å². The Kier molecular flexibility index (Phi) is 5.86. The van der Waals surface area contributed by atoms with Crippen LogP contribution in [0.4, 0.5) is 0 Å². The largest absolute Gasteiger partial charge is 0.352 e. The van der Waals surface area contributed by atoms with Gasteiger partial charge < -0.3 is 5.32 Å². The van der Waals surface area contributed by atoms with Gasteiger partial charge in [-0.25, -0.2) is 0 Å². The van der Waals surface area contributed by atoms with Crippen molar-refractivity contribution in [3.8, 4) is 0 Å². The van der Waals surface area contributed by atoms with Crippen molar-refractivity contribution < 1.29 is 9.59 Å². The predicted molar refractivity (Wildman–Crippen MR) is 114 cm³/mol. The van der Waals surface area contributed by atoms with Crippen molar-refractivity contribution in [2.45, 2.75) is 50.0 Å². The summed E-state index contributed by atoms with van der Waals surface area (Å²) in [5, 5.41) is 3.03. The Morgan fingerprint density at radius 1 is 1.14 bits per heavy atom. The van der Waals surface area contributed by atoms with Gasteiger partial charge in [-0.2, -0.15) is 0 Å². The Balaban J connectivity index is 1.48. The first-order valence-electron chi connectivity index (χ1n) is 10.3. The van der Waals surface area contributed by atoms with E-state index in [0.29, 0.717) is 18.2 Å². The Labute approximate surface area is 171 Å². The van der Waals surface area contributed by atoms with Gasteiger partial charge in [0.2, 0.25) is 5.91 Å². The SMILES string of the molecule is CC(C(=O)NCc1ccccc1)c1ccc2c(c1)SC[C@H]1CCCC[C@@H]1C2=O. The number of ketones is 1. The zero-order valence-electron chi connectivity index (χ0n) is 16.3. The van der Waals surface area contributed by atoms with Crippen LogP contribution in [0, 0.1) is 11.8 Å². The molecule has 28 heavy (non-hydrogen) atoms. The normalized spacial score (nSPS) is 22.5. The molecule has 1 heterocycles. The number of Topliss-reactive ketones (excluding diaryl/α,β-unsaturated/α-hetero) is 1. The lowest BCUT2D eigenvalue weighted by molar-refractivity contribution is -0.122. The van der Waals surface area contributed by atoms with Crippen LogP contribution in [0.2, 0.25) is 0 Å². The van der Waals surface area contributed by atoms with Gasteiger partial charge in [0, 0.05) is 28.7 Å². The van der Waals surface area contributed by atoms with Crippen LogP contribution in [0.1, 0.15) is 60.0 Å². The van der Waals surface area contributed by atoms with E-state index in [0.717, 1.165) is 33.8 Å². The number of rotatable bonds is 4. The molecule has 4 rings (SSSR count). The summed E-state index contributed by atoms with van der Waals surface area (Å²) in [7, 11) is 0. The van der Waals surface area contributed by atoms with Crippen molar-refractivity contribution in [2.24, 2.45) is 11.8 Å². The smallest absolute Gasteiger partial charge is 0.227 e. The lowest BCUT2D eigenvalue weighted by Gasteiger charge is -2.28. The molecular formula is C24H27NO2S. The summed E-state index contributed by atoms with van der Waals surface area (Å²) < 4.78 is 0. The summed E-state index contributed by atoms with van der Waals surface area (Å²) in [5.74, 6) is 1.81. The second-order valence-electron chi connectivity index (χ2n) is 8.01. The minimum Gasteiger partial charge on any atom is -0.352 e. The van der Waals surface area contributed by atoms with Crippen LogP contribution in [-0.4, -0.2) is 17.4 Å². The maximum atomic E-state index is 13.1. The fraction of sp³-hybridized carbons (Fsp3) is 0.417. The molecule has 1 N–H and O–H groups in total. The Morgan fingerprint density at radius 2 is 1.93 bits per heavy atom. The first kappa shape index (κ1) is 19.3. The quantitative estimate of drug-likeness (QED) is 0.776. The third kappa shape index (κ3) is 4.02. The number of amides is 1. The third-order valence-electron chi connectivity index (χ3n) is 6.17. The van der Waals surface area contributed by atoms with E-state index < -0.39 is 0 Å². The van der Waals surface area contributed by atoms with Gasteiger partial charge in [-0.1, -0.05) is 49.2 Å². The average Bonchev–Trinajstić information content (AvgIpc) is 2.89. The summed E-state index contributed by atoms with van der Waals surface area (Å²) in [6.07, 6.45) is 4.62. The number of carbonyl (C=O) groups is 2. The van der Waals surface area contributed by atoms with Crippen molar-refractivity contribution in [1.29, 1.82) is 0 Å². The van der Waals surface area contributed by atoms with Gasteiger partial charge in [0.25, 0.3) is 0 Å². The molecule has 1 saturated carbocycles. The van der Waals surface area contributed by atoms with Crippen molar-refractivity contribution in [2.75, 3.05) is 5.75 Å². The lowest BCUT2D eigenvalue weighted by Crippen LogP contribution is -2.28. The van der Waals surface area contributed by atoms with Crippen LogP contribution >= 0.6 is 11.8 Å². The van der Waals surface area contributed by atoms with Crippen LogP contribution in [-0.2, 0) is 11.3 Å². The molecule has 1 unspecified atom stereocenters. The fourth-order valence-electron chi connectivity index (χ4n) is 4.37. The van der Waals surface area contributed by atoms with Gasteiger partial charge in [0.05, 0.1) is 5.92 Å². The number of benzene rings is 2. The predicted octanol–water partition coefficient (Wildman–Crippen LogP) is 5.20. The molecule has 2 aliphatic rings. The molecule has 0 bridgehead atoms. The molecule has 3 atom stereocenters.